The van der Waals surface area contributed by atoms with Gasteiger partial charge in [-0.05, 0) is 42.2 Å². The molecule has 8 heteroatoms. The van der Waals surface area contributed by atoms with Crippen LogP contribution in [-0.2, 0) is 14.9 Å². The molecule has 0 heterocycles. The lowest BCUT2D eigenvalue weighted by atomic mass is 9.98. The first-order valence-corrected chi connectivity index (χ1v) is 9.92. The molecule has 0 spiro atoms. The first-order chi connectivity index (χ1) is 13.1. The molecule has 2 aromatic rings. The highest BCUT2D eigenvalue weighted by Gasteiger charge is 2.14. The summed E-state index contributed by atoms with van der Waals surface area (Å²) in [4.78, 5) is 12.0. The van der Waals surface area contributed by atoms with E-state index in [2.05, 4.69) is 10.6 Å². The second-order valence-electron chi connectivity index (χ2n) is 6.47. The number of hydrogen-bond donors (Lipinski definition) is 3. The molecule has 0 aliphatic rings. The monoisotopic (exact) mass is 399 g/mol. The largest absolute Gasteiger partial charge is 0.360 e. The van der Waals surface area contributed by atoms with Crippen molar-refractivity contribution >= 4 is 27.4 Å². The summed E-state index contributed by atoms with van der Waals surface area (Å²) < 4.78 is 31.5. The van der Waals surface area contributed by atoms with Crippen molar-refractivity contribution in [3.05, 3.63) is 65.4 Å². The summed E-state index contributed by atoms with van der Waals surface area (Å²) in [5.41, 5.74) is 2.80. The Bertz CT molecular complexity index is 1070. The Morgan fingerprint density at radius 3 is 2.50 bits per heavy atom. The van der Waals surface area contributed by atoms with E-state index in [1.165, 1.54) is 24.4 Å². The molecule has 0 aliphatic heterocycles. The van der Waals surface area contributed by atoms with E-state index in [0.717, 1.165) is 22.9 Å². The van der Waals surface area contributed by atoms with Crippen molar-refractivity contribution in [3.8, 4) is 6.07 Å². The minimum absolute atomic E-state index is 0.139. The highest BCUT2D eigenvalue weighted by atomic mass is 32.2. The predicted octanol–water partition coefficient (Wildman–Crippen LogP) is 3.82. The average molecular weight is 399 g/mol. The van der Waals surface area contributed by atoms with Crippen molar-refractivity contribution in [2.45, 2.75) is 31.6 Å². The number of rotatable bonds is 6. The van der Waals surface area contributed by atoms with Gasteiger partial charge in [-0.3, -0.25) is 9.35 Å². The number of nitrogens with one attached hydrogen (secondary N) is 2. The first-order valence-electron chi connectivity index (χ1n) is 8.48. The maximum absolute atomic E-state index is 12.4. The molecule has 0 unspecified atom stereocenters. The molecule has 2 aromatic carbocycles. The van der Waals surface area contributed by atoms with Crippen molar-refractivity contribution in [1.29, 1.82) is 5.26 Å². The van der Waals surface area contributed by atoms with Gasteiger partial charge < -0.3 is 10.6 Å². The number of aryl methyl sites for hydroxylation is 1. The summed E-state index contributed by atoms with van der Waals surface area (Å²) in [5, 5.41) is 14.8. The van der Waals surface area contributed by atoms with Gasteiger partial charge >= 0.3 is 0 Å². The molecule has 7 nitrogen and oxygen atoms in total. The minimum atomic E-state index is -4.39. The minimum Gasteiger partial charge on any atom is -0.360 e. The van der Waals surface area contributed by atoms with Crippen LogP contribution in [0.15, 0.2) is 59.1 Å². The van der Waals surface area contributed by atoms with Crippen LogP contribution in [0, 0.1) is 18.3 Å². The standard InChI is InChI=1S/C20H21N3O4S/c1-13(2)18-9-4-6-14(3)19(18)22-12-15(11-21)20(24)23-16-7-5-8-17(10-16)28(25,26)27/h4-10,12-13,22H,1-3H3,(H,23,24)(H,25,26,27)/b15-12-. The van der Waals surface area contributed by atoms with Crippen LogP contribution in [0.25, 0.3) is 0 Å². The van der Waals surface area contributed by atoms with E-state index in [1.54, 1.807) is 0 Å². The third-order valence-corrected chi connectivity index (χ3v) is 4.89. The van der Waals surface area contributed by atoms with Crippen LogP contribution < -0.4 is 10.6 Å². The molecule has 0 atom stereocenters. The molecule has 3 N–H and O–H groups in total. The molecule has 28 heavy (non-hydrogen) atoms. The number of hydrogen-bond acceptors (Lipinski definition) is 5. The van der Waals surface area contributed by atoms with Crippen LogP contribution in [0.1, 0.15) is 30.9 Å². The van der Waals surface area contributed by atoms with Gasteiger partial charge in [0.05, 0.1) is 4.90 Å². The van der Waals surface area contributed by atoms with Crippen LogP contribution >= 0.6 is 0 Å². The maximum Gasteiger partial charge on any atom is 0.294 e. The summed E-state index contributed by atoms with van der Waals surface area (Å²) in [6, 6.07) is 12.8. The highest BCUT2D eigenvalue weighted by molar-refractivity contribution is 7.85. The highest BCUT2D eigenvalue weighted by Crippen LogP contribution is 2.27. The average Bonchev–Trinajstić information content (AvgIpc) is 2.62. The Labute approximate surface area is 164 Å². The van der Waals surface area contributed by atoms with Crippen LogP contribution in [0.4, 0.5) is 11.4 Å². The molecule has 0 fully saturated rings. The normalized spacial score (nSPS) is 11.8. The maximum atomic E-state index is 12.4. The third kappa shape index (κ3) is 5.19. The number of nitrogens with zero attached hydrogens (tertiary/aromatic N) is 1. The molecule has 2 rings (SSSR count). The molecule has 1 amide bonds. The van der Waals surface area contributed by atoms with Crippen LogP contribution in [0.3, 0.4) is 0 Å². The van der Waals surface area contributed by atoms with Gasteiger partial charge in [0, 0.05) is 17.6 Å². The number of anilines is 2. The van der Waals surface area contributed by atoms with Gasteiger partial charge in [0.1, 0.15) is 11.6 Å². The number of para-hydroxylation sites is 1. The van der Waals surface area contributed by atoms with Crippen molar-refractivity contribution in [2.75, 3.05) is 10.6 Å². The fourth-order valence-electron chi connectivity index (χ4n) is 2.59. The molecule has 146 valence electrons. The molecule has 0 saturated heterocycles. The molecule has 0 aliphatic carbocycles. The van der Waals surface area contributed by atoms with Gasteiger partial charge in [-0.25, -0.2) is 0 Å². The lowest BCUT2D eigenvalue weighted by molar-refractivity contribution is -0.112. The smallest absolute Gasteiger partial charge is 0.294 e. The zero-order valence-electron chi connectivity index (χ0n) is 15.7. The van der Waals surface area contributed by atoms with Gasteiger partial charge in [0.2, 0.25) is 0 Å². The second kappa shape index (κ2) is 8.69. The van der Waals surface area contributed by atoms with Gasteiger partial charge in [0.15, 0.2) is 0 Å². The van der Waals surface area contributed by atoms with Crippen molar-refractivity contribution in [2.24, 2.45) is 0 Å². The van der Waals surface area contributed by atoms with Crippen molar-refractivity contribution < 1.29 is 17.8 Å². The number of nitriles is 1. The number of carbonyl (C=O) groups excluding carboxylic acids is 1. The topological polar surface area (TPSA) is 119 Å². The quantitative estimate of drug-likeness (QED) is 0.386. The van der Waals surface area contributed by atoms with E-state index in [9.17, 15) is 18.5 Å². The van der Waals surface area contributed by atoms with Gasteiger partial charge in [0.25, 0.3) is 16.0 Å². The second-order valence-corrected chi connectivity index (χ2v) is 7.89. The summed E-state index contributed by atoms with van der Waals surface area (Å²) in [7, 11) is -4.39. The Kier molecular flexibility index (Phi) is 6.57. The SMILES string of the molecule is Cc1cccc(C(C)C)c1N/C=C(/C#N)C(=O)Nc1cccc(S(=O)(=O)O)c1. The number of benzene rings is 2. The Balaban J connectivity index is 2.25. The van der Waals surface area contributed by atoms with Gasteiger partial charge in [-0.2, -0.15) is 13.7 Å². The molecular weight excluding hydrogens is 378 g/mol. The molecular formula is C20H21N3O4S. The van der Waals surface area contributed by atoms with Crippen molar-refractivity contribution in [1.82, 2.24) is 0 Å². The number of carbonyl (C=O) groups is 1. The van der Waals surface area contributed by atoms with E-state index in [-0.39, 0.29) is 22.1 Å². The molecule has 0 aromatic heterocycles. The van der Waals surface area contributed by atoms with E-state index in [0.29, 0.717) is 0 Å². The summed E-state index contributed by atoms with van der Waals surface area (Å²) in [6.45, 7) is 6.02. The van der Waals surface area contributed by atoms with Crippen LogP contribution in [0.5, 0.6) is 0 Å². The molecule has 0 saturated carbocycles. The zero-order valence-corrected chi connectivity index (χ0v) is 16.5. The Morgan fingerprint density at radius 1 is 1.21 bits per heavy atom. The van der Waals surface area contributed by atoms with E-state index in [1.807, 2.05) is 45.0 Å². The summed E-state index contributed by atoms with van der Waals surface area (Å²) >= 11 is 0. The lowest BCUT2D eigenvalue weighted by Gasteiger charge is -2.15. The Morgan fingerprint density at radius 2 is 1.89 bits per heavy atom. The first kappa shape index (κ1) is 21.2. The fourth-order valence-corrected chi connectivity index (χ4v) is 3.12. The predicted molar refractivity (Wildman–Crippen MR) is 107 cm³/mol. The molecule has 0 bridgehead atoms. The van der Waals surface area contributed by atoms with E-state index >= 15 is 0 Å². The van der Waals surface area contributed by atoms with Crippen LogP contribution in [0.2, 0.25) is 0 Å². The number of amides is 1. The lowest BCUT2D eigenvalue weighted by Crippen LogP contribution is -2.15. The van der Waals surface area contributed by atoms with Gasteiger partial charge in [-0.1, -0.05) is 38.1 Å². The summed E-state index contributed by atoms with van der Waals surface area (Å²) in [5.74, 6) is -0.458. The Hall–Kier alpha value is -3.15. The molecule has 0 radical (unpaired) electrons. The van der Waals surface area contributed by atoms with E-state index < -0.39 is 16.0 Å². The van der Waals surface area contributed by atoms with E-state index in [4.69, 9.17) is 4.55 Å². The van der Waals surface area contributed by atoms with Gasteiger partial charge in [-0.15, -0.1) is 0 Å². The fraction of sp³-hybridized carbons (Fsp3) is 0.200. The van der Waals surface area contributed by atoms with Crippen LogP contribution in [-0.4, -0.2) is 18.9 Å². The summed E-state index contributed by atoms with van der Waals surface area (Å²) in [6.07, 6.45) is 1.32. The van der Waals surface area contributed by atoms with Crippen molar-refractivity contribution in [3.63, 3.8) is 0 Å². The zero-order chi connectivity index (χ0) is 20.9. The third-order valence-electron chi connectivity index (χ3n) is 4.04.